The fourth-order valence-corrected chi connectivity index (χ4v) is 2.48. The van der Waals surface area contributed by atoms with E-state index in [4.69, 9.17) is 0 Å². The van der Waals surface area contributed by atoms with Crippen LogP contribution in [0.2, 0.25) is 0 Å². The number of nitrogens with zero attached hydrogens (tertiary/aromatic N) is 1. The van der Waals surface area contributed by atoms with E-state index in [2.05, 4.69) is 55.6 Å². The van der Waals surface area contributed by atoms with E-state index in [9.17, 15) is 5.11 Å². The fraction of sp³-hybridized carbons (Fsp3) is 0.625. The lowest BCUT2D eigenvalue weighted by Gasteiger charge is -2.35. The van der Waals surface area contributed by atoms with Crippen molar-refractivity contribution in [3.63, 3.8) is 0 Å². The highest BCUT2D eigenvalue weighted by molar-refractivity contribution is 9.10. The molecule has 0 aliphatic heterocycles. The van der Waals surface area contributed by atoms with Crippen LogP contribution in [0.25, 0.3) is 0 Å². The van der Waals surface area contributed by atoms with E-state index in [1.165, 1.54) is 0 Å². The summed E-state index contributed by atoms with van der Waals surface area (Å²) in [5, 5.41) is 10.2. The van der Waals surface area contributed by atoms with Crippen LogP contribution in [0.15, 0.2) is 28.7 Å². The summed E-state index contributed by atoms with van der Waals surface area (Å²) in [4.78, 5) is 2.32. The van der Waals surface area contributed by atoms with Crippen LogP contribution in [0.4, 0.5) is 0 Å². The van der Waals surface area contributed by atoms with Crippen LogP contribution in [-0.4, -0.2) is 29.6 Å². The number of aliphatic hydroxyl groups excluding tert-OH is 1. The number of rotatable bonds is 5. The molecule has 0 fully saturated rings. The van der Waals surface area contributed by atoms with Crippen LogP contribution < -0.4 is 0 Å². The summed E-state index contributed by atoms with van der Waals surface area (Å²) in [5.74, 6) is 0. The maximum Gasteiger partial charge on any atom is 0.0802 e. The first-order valence-electron chi connectivity index (χ1n) is 6.85. The minimum Gasteiger partial charge on any atom is -0.388 e. The molecular formula is C16H26BrNO. The summed E-state index contributed by atoms with van der Waals surface area (Å²) in [5.41, 5.74) is 1.24. The SMILES string of the molecule is CC(N(C)CCC(O)c1cccc(Br)c1)C(C)(C)C. The zero-order valence-electron chi connectivity index (χ0n) is 12.7. The average molecular weight is 328 g/mol. The van der Waals surface area contributed by atoms with E-state index in [0.717, 1.165) is 23.0 Å². The zero-order chi connectivity index (χ0) is 14.6. The van der Waals surface area contributed by atoms with E-state index in [-0.39, 0.29) is 5.41 Å². The largest absolute Gasteiger partial charge is 0.388 e. The Kier molecular flexibility index (Phi) is 6.03. The van der Waals surface area contributed by atoms with Crippen molar-refractivity contribution in [2.24, 2.45) is 5.41 Å². The number of aliphatic hydroxyl groups is 1. The van der Waals surface area contributed by atoms with Crippen LogP contribution >= 0.6 is 15.9 Å². The van der Waals surface area contributed by atoms with Crippen molar-refractivity contribution in [1.82, 2.24) is 4.90 Å². The Bertz CT molecular complexity index is 400. The monoisotopic (exact) mass is 327 g/mol. The van der Waals surface area contributed by atoms with Gasteiger partial charge in [0.2, 0.25) is 0 Å². The smallest absolute Gasteiger partial charge is 0.0802 e. The predicted molar refractivity (Wildman–Crippen MR) is 85.3 cm³/mol. The average Bonchev–Trinajstić information content (AvgIpc) is 2.33. The van der Waals surface area contributed by atoms with Crippen molar-refractivity contribution in [3.8, 4) is 0 Å². The summed E-state index contributed by atoms with van der Waals surface area (Å²) in [6, 6.07) is 8.39. The number of benzene rings is 1. The Morgan fingerprint density at radius 2 is 1.95 bits per heavy atom. The standard InChI is InChI=1S/C16H26BrNO/c1-12(16(2,3)4)18(5)10-9-15(19)13-7-6-8-14(17)11-13/h6-8,11-12,15,19H,9-10H2,1-5H3. The molecule has 108 valence electrons. The van der Waals surface area contributed by atoms with Gasteiger partial charge in [-0.3, -0.25) is 0 Å². The number of hydrogen-bond donors (Lipinski definition) is 1. The van der Waals surface area contributed by atoms with Crippen LogP contribution in [0, 0.1) is 5.41 Å². The van der Waals surface area contributed by atoms with Crippen molar-refractivity contribution >= 4 is 15.9 Å². The Morgan fingerprint density at radius 3 is 2.47 bits per heavy atom. The van der Waals surface area contributed by atoms with Gasteiger partial charge in [-0.05, 0) is 43.5 Å². The van der Waals surface area contributed by atoms with Gasteiger partial charge in [-0.2, -0.15) is 0 Å². The van der Waals surface area contributed by atoms with E-state index < -0.39 is 6.10 Å². The Morgan fingerprint density at radius 1 is 1.32 bits per heavy atom. The third-order valence-corrected chi connectivity index (χ3v) is 4.40. The molecule has 0 aromatic heterocycles. The molecule has 0 radical (unpaired) electrons. The summed E-state index contributed by atoms with van der Waals surface area (Å²) in [6.07, 6.45) is 0.361. The molecule has 2 atom stereocenters. The second-order valence-corrected chi connectivity index (χ2v) is 7.30. The molecular weight excluding hydrogens is 302 g/mol. The summed E-state index contributed by atoms with van der Waals surface area (Å²) in [7, 11) is 2.13. The molecule has 0 aliphatic rings. The van der Waals surface area contributed by atoms with Gasteiger partial charge in [0.05, 0.1) is 6.10 Å². The van der Waals surface area contributed by atoms with E-state index in [0.29, 0.717) is 6.04 Å². The van der Waals surface area contributed by atoms with Crippen LogP contribution in [0.3, 0.4) is 0 Å². The van der Waals surface area contributed by atoms with E-state index >= 15 is 0 Å². The highest BCUT2D eigenvalue weighted by atomic mass is 79.9. The maximum atomic E-state index is 10.2. The molecule has 0 saturated carbocycles. The van der Waals surface area contributed by atoms with E-state index in [1.807, 2.05) is 24.3 Å². The summed E-state index contributed by atoms with van der Waals surface area (Å²) in [6.45, 7) is 9.88. The summed E-state index contributed by atoms with van der Waals surface area (Å²) < 4.78 is 1.01. The molecule has 19 heavy (non-hydrogen) atoms. The molecule has 1 aromatic rings. The lowest BCUT2D eigenvalue weighted by atomic mass is 9.87. The molecule has 2 unspecified atom stereocenters. The highest BCUT2D eigenvalue weighted by Gasteiger charge is 2.24. The van der Waals surface area contributed by atoms with Crippen LogP contribution in [0.5, 0.6) is 0 Å². The van der Waals surface area contributed by atoms with Gasteiger partial charge in [-0.1, -0.05) is 48.8 Å². The molecule has 0 aliphatic carbocycles. The minimum atomic E-state index is -0.396. The third kappa shape index (κ3) is 5.25. The first-order valence-corrected chi connectivity index (χ1v) is 7.65. The molecule has 1 rings (SSSR count). The Hall–Kier alpha value is -0.380. The maximum absolute atomic E-state index is 10.2. The number of halogens is 1. The Balaban J connectivity index is 2.53. The molecule has 1 aromatic carbocycles. The molecule has 0 bridgehead atoms. The lowest BCUT2D eigenvalue weighted by molar-refractivity contribution is 0.104. The first-order chi connectivity index (χ1) is 8.71. The van der Waals surface area contributed by atoms with Crippen molar-refractivity contribution in [2.45, 2.75) is 46.3 Å². The van der Waals surface area contributed by atoms with Crippen LogP contribution in [0.1, 0.15) is 45.8 Å². The van der Waals surface area contributed by atoms with Gasteiger partial charge in [-0.15, -0.1) is 0 Å². The molecule has 0 amide bonds. The summed E-state index contributed by atoms with van der Waals surface area (Å²) >= 11 is 3.44. The highest BCUT2D eigenvalue weighted by Crippen LogP contribution is 2.25. The second kappa shape index (κ2) is 6.87. The number of hydrogen-bond acceptors (Lipinski definition) is 2. The van der Waals surface area contributed by atoms with Crippen molar-refractivity contribution in [1.29, 1.82) is 0 Å². The molecule has 0 spiro atoms. The molecule has 2 nitrogen and oxygen atoms in total. The minimum absolute atomic E-state index is 0.259. The first kappa shape index (κ1) is 16.7. The second-order valence-electron chi connectivity index (χ2n) is 6.38. The third-order valence-electron chi connectivity index (χ3n) is 3.90. The fourth-order valence-electron chi connectivity index (χ4n) is 2.06. The van der Waals surface area contributed by atoms with Crippen molar-refractivity contribution < 1.29 is 5.11 Å². The quantitative estimate of drug-likeness (QED) is 0.874. The molecule has 0 heterocycles. The van der Waals surface area contributed by atoms with E-state index in [1.54, 1.807) is 0 Å². The molecule has 0 saturated heterocycles. The van der Waals surface area contributed by atoms with Crippen LogP contribution in [-0.2, 0) is 0 Å². The topological polar surface area (TPSA) is 23.5 Å². The van der Waals surface area contributed by atoms with Gasteiger partial charge in [0.15, 0.2) is 0 Å². The van der Waals surface area contributed by atoms with Gasteiger partial charge >= 0.3 is 0 Å². The van der Waals surface area contributed by atoms with Gasteiger partial charge in [0.1, 0.15) is 0 Å². The predicted octanol–water partition coefficient (Wildman–Crippen LogP) is 4.24. The molecule has 1 N–H and O–H groups in total. The van der Waals surface area contributed by atoms with Crippen molar-refractivity contribution in [3.05, 3.63) is 34.3 Å². The lowest BCUT2D eigenvalue weighted by Crippen LogP contribution is -2.40. The van der Waals surface area contributed by atoms with Gasteiger partial charge < -0.3 is 10.0 Å². The van der Waals surface area contributed by atoms with Gasteiger partial charge in [0, 0.05) is 17.1 Å². The normalized spacial score (nSPS) is 15.6. The Labute approximate surface area is 126 Å². The van der Waals surface area contributed by atoms with Crippen molar-refractivity contribution in [2.75, 3.05) is 13.6 Å². The van der Waals surface area contributed by atoms with Gasteiger partial charge in [-0.25, -0.2) is 0 Å². The molecule has 3 heteroatoms. The van der Waals surface area contributed by atoms with Gasteiger partial charge in [0.25, 0.3) is 0 Å². The zero-order valence-corrected chi connectivity index (χ0v) is 14.2.